The zero-order valence-electron chi connectivity index (χ0n) is 14.6. The van der Waals surface area contributed by atoms with E-state index >= 15 is 0 Å². The van der Waals surface area contributed by atoms with E-state index in [-0.39, 0.29) is 5.56 Å². The highest BCUT2D eigenvalue weighted by Gasteiger charge is 2.21. The quantitative estimate of drug-likeness (QED) is 0.791. The van der Waals surface area contributed by atoms with Gasteiger partial charge in [-0.15, -0.1) is 0 Å². The Kier molecular flexibility index (Phi) is 5.63. The summed E-state index contributed by atoms with van der Waals surface area (Å²) in [6, 6.07) is 12.5. The minimum absolute atomic E-state index is 0.203. The Morgan fingerprint density at radius 1 is 0.962 bits per heavy atom. The molecule has 0 fully saturated rings. The molecule has 0 atom stereocenters. The predicted molar refractivity (Wildman–Crippen MR) is 100 cm³/mol. The molecule has 0 heterocycles. The van der Waals surface area contributed by atoms with Crippen LogP contribution < -0.4 is 15.4 Å². The second-order valence-corrected chi connectivity index (χ2v) is 7.84. The summed E-state index contributed by atoms with van der Waals surface area (Å²) < 4.78 is 26.4. The lowest BCUT2D eigenvalue weighted by Crippen LogP contribution is -2.37. The Labute approximate surface area is 152 Å². The van der Waals surface area contributed by atoms with Gasteiger partial charge in [0.25, 0.3) is 11.8 Å². The molecule has 2 amide bonds. The highest BCUT2D eigenvalue weighted by atomic mass is 32.2. The number of benzene rings is 2. The third-order valence-corrected chi connectivity index (χ3v) is 5.57. The predicted octanol–water partition coefficient (Wildman–Crippen LogP) is 1.28. The smallest absolute Gasteiger partial charge is 0.303 e. The first-order valence-corrected chi connectivity index (χ1v) is 9.01. The molecule has 2 rings (SSSR count). The Morgan fingerprint density at radius 3 is 2.08 bits per heavy atom. The van der Waals surface area contributed by atoms with E-state index in [1.54, 1.807) is 18.2 Å². The van der Waals surface area contributed by atoms with Gasteiger partial charge in [-0.3, -0.25) is 13.9 Å². The molecule has 0 aliphatic rings. The van der Waals surface area contributed by atoms with Crippen molar-refractivity contribution in [3.8, 4) is 0 Å². The highest BCUT2D eigenvalue weighted by Crippen LogP contribution is 2.20. The number of carbonyl (C=O) groups is 2. The van der Waals surface area contributed by atoms with Crippen molar-refractivity contribution in [2.75, 3.05) is 30.8 Å². The van der Waals surface area contributed by atoms with Crippen LogP contribution in [-0.2, 0) is 10.2 Å². The van der Waals surface area contributed by atoms with E-state index in [0.717, 1.165) is 8.61 Å². The lowest BCUT2D eigenvalue weighted by Gasteiger charge is -2.23. The van der Waals surface area contributed by atoms with Gasteiger partial charge in [0.2, 0.25) is 0 Å². The number of rotatable bonds is 6. The Balaban J connectivity index is 2.21. The normalized spacial score (nSPS) is 11.2. The second-order valence-electron chi connectivity index (χ2n) is 5.67. The summed E-state index contributed by atoms with van der Waals surface area (Å²) in [6.45, 7) is 0. The van der Waals surface area contributed by atoms with Gasteiger partial charge in [0, 0.05) is 26.7 Å². The number of anilines is 2. The number of amides is 2. The van der Waals surface area contributed by atoms with Crippen LogP contribution in [0.25, 0.3) is 0 Å². The SMILES string of the molecule is CN(C)S(=O)(=O)N(C)c1ccc(C(=O)Nc2ccccc2C(N)=O)cc1. The van der Waals surface area contributed by atoms with Gasteiger partial charge in [0.15, 0.2) is 0 Å². The van der Waals surface area contributed by atoms with Crippen LogP contribution in [0, 0.1) is 0 Å². The minimum Gasteiger partial charge on any atom is -0.366 e. The number of nitrogens with one attached hydrogen (secondary N) is 1. The number of primary amides is 1. The minimum atomic E-state index is -3.61. The molecule has 26 heavy (non-hydrogen) atoms. The van der Waals surface area contributed by atoms with Crippen molar-refractivity contribution in [3.63, 3.8) is 0 Å². The van der Waals surface area contributed by atoms with Crippen molar-refractivity contribution in [3.05, 3.63) is 59.7 Å². The first kappa shape index (κ1) is 19.4. The van der Waals surface area contributed by atoms with Gasteiger partial charge >= 0.3 is 10.2 Å². The first-order chi connectivity index (χ1) is 12.1. The van der Waals surface area contributed by atoms with Crippen LogP contribution in [0.15, 0.2) is 48.5 Å². The number of nitrogens with zero attached hydrogens (tertiary/aromatic N) is 2. The summed E-state index contributed by atoms with van der Waals surface area (Å²) in [5.74, 6) is -1.09. The van der Waals surface area contributed by atoms with Crippen LogP contribution >= 0.6 is 0 Å². The van der Waals surface area contributed by atoms with Crippen molar-refractivity contribution in [2.24, 2.45) is 5.73 Å². The van der Waals surface area contributed by atoms with Crippen LogP contribution in [0.2, 0.25) is 0 Å². The van der Waals surface area contributed by atoms with Crippen LogP contribution in [-0.4, -0.2) is 45.7 Å². The summed E-state index contributed by atoms with van der Waals surface area (Å²) in [7, 11) is 0.681. The number of para-hydroxylation sites is 1. The number of nitrogens with two attached hydrogens (primary N) is 1. The molecule has 0 spiro atoms. The zero-order chi connectivity index (χ0) is 19.5. The molecule has 2 aromatic rings. The van der Waals surface area contributed by atoms with Gasteiger partial charge in [-0.25, -0.2) is 0 Å². The lowest BCUT2D eigenvalue weighted by molar-refractivity contribution is 0.100. The maximum Gasteiger partial charge on any atom is 0.303 e. The number of carbonyl (C=O) groups excluding carboxylic acids is 2. The van der Waals surface area contributed by atoms with E-state index in [9.17, 15) is 18.0 Å². The zero-order valence-corrected chi connectivity index (χ0v) is 15.4. The molecule has 0 unspecified atom stereocenters. The molecule has 3 N–H and O–H groups in total. The van der Waals surface area contributed by atoms with Crippen molar-refractivity contribution in [2.45, 2.75) is 0 Å². The molecule has 0 aromatic heterocycles. The molecule has 0 bridgehead atoms. The lowest BCUT2D eigenvalue weighted by atomic mass is 10.1. The fraction of sp³-hybridized carbons (Fsp3) is 0.176. The van der Waals surface area contributed by atoms with Crippen molar-refractivity contribution in [1.82, 2.24) is 4.31 Å². The Morgan fingerprint density at radius 2 is 1.54 bits per heavy atom. The highest BCUT2D eigenvalue weighted by molar-refractivity contribution is 7.90. The first-order valence-electron chi connectivity index (χ1n) is 7.61. The van der Waals surface area contributed by atoms with Gasteiger partial charge in [-0.1, -0.05) is 12.1 Å². The molecule has 0 saturated heterocycles. The molecule has 0 aliphatic heterocycles. The summed E-state index contributed by atoms with van der Waals surface area (Å²) in [5, 5.41) is 2.63. The van der Waals surface area contributed by atoms with E-state index in [1.807, 2.05) is 0 Å². The topological polar surface area (TPSA) is 113 Å². The fourth-order valence-electron chi connectivity index (χ4n) is 2.20. The molecule has 0 saturated carbocycles. The van der Waals surface area contributed by atoms with E-state index in [1.165, 1.54) is 51.5 Å². The monoisotopic (exact) mass is 376 g/mol. The van der Waals surface area contributed by atoms with E-state index in [4.69, 9.17) is 5.73 Å². The third-order valence-electron chi connectivity index (χ3n) is 3.74. The van der Waals surface area contributed by atoms with Crippen LogP contribution in [0.1, 0.15) is 20.7 Å². The molecular weight excluding hydrogens is 356 g/mol. The Bertz CT molecular complexity index is 924. The van der Waals surface area contributed by atoms with Crippen LogP contribution in [0.3, 0.4) is 0 Å². The average Bonchev–Trinajstić information content (AvgIpc) is 2.61. The maximum atomic E-state index is 12.4. The largest absolute Gasteiger partial charge is 0.366 e. The average molecular weight is 376 g/mol. The summed E-state index contributed by atoms with van der Waals surface area (Å²) >= 11 is 0. The number of hydrogen-bond donors (Lipinski definition) is 2. The van der Waals surface area contributed by atoms with Crippen LogP contribution in [0.5, 0.6) is 0 Å². The molecule has 138 valence electrons. The third kappa shape index (κ3) is 4.01. The summed E-state index contributed by atoms with van der Waals surface area (Å²) in [4.78, 5) is 23.8. The van der Waals surface area contributed by atoms with Crippen molar-refractivity contribution in [1.29, 1.82) is 0 Å². The molecule has 2 aromatic carbocycles. The molecule has 0 radical (unpaired) electrons. The van der Waals surface area contributed by atoms with Gasteiger partial charge in [-0.2, -0.15) is 12.7 Å². The van der Waals surface area contributed by atoms with Crippen molar-refractivity contribution < 1.29 is 18.0 Å². The van der Waals surface area contributed by atoms with E-state index in [0.29, 0.717) is 16.9 Å². The molecule has 9 heteroatoms. The van der Waals surface area contributed by atoms with Crippen molar-refractivity contribution >= 4 is 33.4 Å². The van der Waals surface area contributed by atoms with Gasteiger partial charge < -0.3 is 11.1 Å². The van der Waals surface area contributed by atoms with E-state index in [2.05, 4.69) is 5.32 Å². The number of hydrogen-bond acceptors (Lipinski definition) is 4. The molecule has 0 aliphatic carbocycles. The standard InChI is InChI=1S/C17H20N4O4S/c1-20(2)26(24,25)21(3)13-10-8-12(9-11-13)17(23)19-15-7-5-4-6-14(15)16(18)22/h4-11H,1-3H3,(H2,18,22)(H,19,23). The molecular formula is C17H20N4O4S. The maximum absolute atomic E-state index is 12.4. The fourth-order valence-corrected chi connectivity index (χ4v) is 3.08. The summed E-state index contributed by atoms with van der Waals surface area (Å²) in [5.41, 5.74) is 6.52. The Hall–Kier alpha value is -2.91. The second kappa shape index (κ2) is 7.54. The van der Waals surface area contributed by atoms with Crippen LogP contribution in [0.4, 0.5) is 11.4 Å². The van der Waals surface area contributed by atoms with Gasteiger partial charge in [0.05, 0.1) is 16.9 Å². The van der Waals surface area contributed by atoms with E-state index < -0.39 is 22.0 Å². The van der Waals surface area contributed by atoms with Gasteiger partial charge in [-0.05, 0) is 36.4 Å². The van der Waals surface area contributed by atoms with Gasteiger partial charge in [0.1, 0.15) is 0 Å². The molecule has 8 nitrogen and oxygen atoms in total. The summed E-state index contributed by atoms with van der Waals surface area (Å²) in [6.07, 6.45) is 0.